The predicted octanol–water partition coefficient (Wildman–Crippen LogP) is 4.14. The van der Waals surface area contributed by atoms with E-state index in [1.807, 2.05) is 22.6 Å². The molecule has 1 aliphatic rings. The van der Waals surface area contributed by atoms with Gasteiger partial charge < -0.3 is 14.8 Å². The van der Waals surface area contributed by atoms with E-state index in [0.717, 1.165) is 0 Å². The van der Waals surface area contributed by atoms with Crippen LogP contribution in [0.5, 0.6) is 5.75 Å². The molecule has 0 spiro atoms. The topological polar surface area (TPSA) is 94.1 Å². The Morgan fingerprint density at radius 1 is 1.23 bits per heavy atom. The summed E-state index contributed by atoms with van der Waals surface area (Å²) in [6, 6.07) is 10.9. The minimum atomic E-state index is -4.01. The molecule has 0 saturated carbocycles. The molecule has 11 heteroatoms. The van der Waals surface area contributed by atoms with Crippen molar-refractivity contribution < 1.29 is 31.5 Å². The van der Waals surface area contributed by atoms with E-state index in [4.69, 9.17) is 4.74 Å². The Balaban J connectivity index is 1.76. The van der Waals surface area contributed by atoms with Crippen LogP contribution < -0.4 is 10.1 Å². The molecule has 0 bridgehead atoms. The number of carbonyl (C=O) groups excluding carboxylic acids is 1. The Hall–Kier alpha value is -2.12. The first kappa shape index (κ1) is 22.6. The van der Waals surface area contributed by atoms with Crippen LogP contribution in [0, 0.1) is 3.57 Å². The summed E-state index contributed by atoms with van der Waals surface area (Å²) >= 11 is 1.98. The Morgan fingerprint density at radius 3 is 2.67 bits per heavy atom. The average Bonchev–Trinajstić information content (AvgIpc) is 2.69. The number of para-hydroxylation sites is 1. The quantitative estimate of drug-likeness (QED) is 0.497. The molecule has 7 nitrogen and oxygen atoms in total. The van der Waals surface area contributed by atoms with Crippen LogP contribution in [0.25, 0.3) is 0 Å². The maximum atomic E-state index is 12.6. The number of nitrogens with zero attached hydrogens (tertiary/aromatic N) is 1. The number of alkyl halides is 2. The summed E-state index contributed by atoms with van der Waals surface area (Å²) in [6.45, 7) is -3.00. The molecule has 2 aromatic carbocycles. The van der Waals surface area contributed by atoms with Gasteiger partial charge in [-0.3, -0.25) is 4.79 Å². The van der Waals surface area contributed by atoms with Crippen LogP contribution >= 0.6 is 22.6 Å². The fourth-order valence-electron chi connectivity index (χ4n) is 2.98. The van der Waals surface area contributed by atoms with Gasteiger partial charge in [0.05, 0.1) is 11.8 Å². The van der Waals surface area contributed by atoms with Gasteiger partial charge in [0, 0.05) is 22.7 Å². The van der Waals surface area contributed by atoms with E-state index in [2.05, 4.69) is 14.5 Å². The van der Waals surface area contributed by atoms with Crippen molar-refractivity contribution in [1.29, 1.82) is 0 Å². The van der Waals surface area contributed by atoms with Gasteiger partial charge in [0.1, 0.15) is 10.6 Å². The molecule has 0 aromatic heterocycles. The predicted molar refractivity (Wildman–Crippen MR) is 114 cm³/mol. The number of nitrogens with one attached hydrogen (secondary N) is 1. The Morgan fingerprint density at radius 2 is 1.97 bits per heavy atom. The molecule has 1 aliphatic heterocycles. The first-order chi connectivity index (χ1) is 14.2. The number of hydrogen-bond donors (Lipinski definition) is 1. The molecule has 160 valence electrons. The van der Waals surface area contributed by atoms with Gasteiger partial charge in [-0.2, -0.15) is 17.2 Å². The number of benzene rings is 2. The highest BCUT2D eigenvalue weighted by atomic mass is 127. The zero-order chi connectivity index (χ0) is 21.9. The number of anilines is 1. The molecule has 0 amide bonds. The molecule has 1 heterocycles. The number of rotatable bonds is 8. The summed E-state index contributed by atoms with van der Waals surface area (Å²) in [7, 11) is -2.63. The van der Waals surface area contributed by atoms with Crippen LogP contribution in [-0.4, -0.2) is 33.8 Å². The Labute approximate surface area is 185 Å². The highest BCUT2D eigenvalue weighted by Crippen LogP contribution is 2.32. The first-order valence-corrected chi connectivity index (χ1v) is 11.2. The van der Waals surface area contributed by atoms with Gasteiger partial charge in [0.15, 0.2) is 11.6 Å². The zero-order valence-corrected chi connectivity index (χ0v) is 18.6. The highest BCUT2D eigenvalue weighted by molar-refractivity contribution is 14.1. The van der Waals surface area contributed by atoms with Crippen LogP contribution in [0.4, 0.5) is 14.5 Å². The van der Waals surface area contributed by atoms with Gasteiger partial charge in [0.25, 0.3) is 10.0 Å². The lowest BCUT2D eigenvalue weighted by molar-refractivity contribution is -0.113. The second-order valence-corrected chi connectivity index (χ2v) is 9.10. The van der Waals surface area contributed by atoms with Crippen molar-refractivity contribution in [1.82, 2.24) is 0 Å². The minimum Gasteiger partial charge on any atom is -0.434 e. The SMILES string of the molecule is COC(CCC(=O)C1=NS(=O)(=O)c2cc(I)ccc2N1)c1ccccc1OC(F)F. The van der Waals surface area contributed by atoms with E-state index in [-0.39, 0.29) is 35.0 Å². The van der Waals surface area contributed by atoms with Gasteiger partial charge in [-0.15, -0.1) is 4.40 Å². The number of fused-ring (bicyclic) bond motifs is 1. The molecule has 2 aromatic rings. The first-order valence-electron chi connectivity index (χ1n) is 8.72. The summed E-state index contributed by atoms with van der Waals surface area (Å²) < 4.78 is 64.3. The lowest BCUT2D eigenvalue weighted by Crippen LogP contribution is -2.29. The fourth-order valence-corrected chi connectivity index (χ4v) is 4.85. The number of halogens is 3. The monoisotopic (exact) mass is 550 g/mol. The number of ketones is 1. The Kier molecular flexibility index (Phi) is 7.03. The molecule has 0 saturated heterocycles. The molecule has 1 N–H and O–H groups in total. The average molecular weight is 550 g/mol. The zero-order valence-electron chi connectivity index (χ0n) is 15.6. The van der Waals surface area contributed by atoms with Gasteiger partial charge in [-0.1, -0.05) is 18.2 Å². The maximum absolute atomic E-state index is 12.6. The third kappa shape index (κ3) is 5.13. The van der Waals surface area contributed by atoms with Gasteiger partial charge in [0.2, 0.25) is 0 Å². The molecule has 0 radical (unpaired) electrons. The maximum Gasteiger partial charge on any atom is 0.387 e. The van der Waals surface area contributed by atoms with E-state index < -0.39 is 28.5 Å². The smallest absolute Gasteiger partial charge is 0.387 e. The van der Waals surface area contributed by atoms with Crippen molar-refractivity contribution in [3.05, 3.63) is 51.6 Å². The molecule has 1 unspecified atom stereocenters. The second kappa shape index (κ2) is 9.35. The number of sulfonamides is 1. The minimum absolute atomic E-state index is 0.00112. The van der Waals surface area contributed by atoms with E-state index in [1.54, 1.807) is 30.3 Å². The standard InChI is InChI=1S/C19H17F2IN2O5S/c1-28-15(12-4-2-3-5-16(12)29-19(20)21)9-8-14(25)18-23-13-7-6-11(22)10-17(13)30(26,27)24-18/h2-7,10,15,19H,8-9H2,1H3,(H,23,24). The van der Waals surface area contributed by atoms with Crippen molar-refractivity contribution >= 4 is 49.9 Å². The lowest BCUT2D eigenvalue weighted by Gasteiger charge is -2.20. The van der Waals surface area contributed by atoms with Crippen molar-refractivity contribution in [2.24, 2.45) is 4.40 Å². The van der Waals surface area contributed by atoms with Gasteiger partial charge >= 0.3 is 6.61 Å². The largest absolute Gasteiger partial charge is 0.434 e. The normalized spacial score (nSPS) is 15.7. The van der Waals surface area contributed by atoms with Crippen molar-refractivity contribution in [3.8, 4) is 5.75 Å². The second-order valence-electron chi connectivity index (χ2n) is 6.28. The lowest BCUT2D eigenvalue weighted by atomic mass is 10.0. The van der Waals surface area contributed by atoms with Crippen LogP contribution in [0.15, 0.2) is 51.8 Å². The van der Waals surface area contributed by atoms with Gasteiger partial charge in [-0.25, -0.2) is 0 Å². The molecule has 1 atom stereocenters. The summed E-state index contributed by atoms with van der Waals surface area (Å²) in [4.78, 5) is 12.6. The number of hydrogen-bond acceptors (Lipinski definition) is 6. The summed E-state index contributed by atoms with van der Waals surface area (Å²) in [5, 5.41) is 2.75. The number of methoxy groups -OCH3 is 1. The summed E-state index contributed by atoms with van der Waals surface area (Å²) in [5.41, 5.74) is 0.631. The van der Waals surface area contributed by atoms with Gasteiger partial charge in [-0.05, 0) is 53.3 Å². The summed E-state index contributed by atoms with van der Waals surface area (Å²) in [6.07, 6.45) is -0.722. The van der Waals surface area contributed by atoms with Crippen LogP contribution in [0.1, 0.15) is 24.5 Å². The molecular formula is C19H17F2IN2O5S. The fraction of sp³-hybridized carbons (Fsp3) is 0.263. The van der Waals surface area contributed by atoms with E-state index in [1.165, 1.54) is 19.2 Å². The van der Waals surface area contributed by atoms with E-state index in [9.17, 15) is 22.0 Å². The molecule has 0 fully saturated rings. The van der Waals surface area contributed by atoms with E-state index in [0.29, 0.717) is 9.13 Å². The number of carbonyl (C=O) groups is 1. The van der Waals surface area contributed by atoms with Crippen LogP contribution in [0.2, 0.25) is 0 Å². The van der Waals surface area contributed by atoms with Crippen molar-refractivity contribution in [2.45, 2.75) is 30.5 Å². The number of Topliss-reactive ketones (excluding diaryl/α,β-unsaturated/α-hetero) is 1. The highest BCUT2D eigenvalue weighted by Gasteiger charge is 2.29. The Bertz CT molecular complexity index is 1090. The van der Waals surface area contributed by atoms with Crippen molar-refractivity contribution in [2.75, 3.05) is 12.4 Å². The number of amidine groups is 1. The van der Waals surface area contributed by atoms with Crippen LogP contribution in [0.3, 0.4) is 0 Å². The van der Waals surface area contributed by atoms with Crippen LogP contribution in [-0.2, 0) is 19.6 Å². The van der Waals surface area contributed by atoms with E-state index >= 15 is 0 Å². The molecule has 0 aliphatic carbocycles. The third-order valence-electron chi connectivity index (χ3n) is 4.35. The third-order valence-corrected chi connectivity index (χ3v) is 6.34. The molecular weight excluding hydrogens is 533 g/mol. The molecule has 3 rings (SSSR count). The summed E-state index contributed by atoms with van der Waals surface area (Å²) in [5.74, 6) is -0.890. The number of ether oxygens (including phenoxy) is 2. The molecule has 30 heavy (non-hydrogen) atoms. The van der Waals surface area contributed by atoms with Crippen molar-refractivity contribution in [3.63, 3.8) is 0 Å².